The highest BCUT2D eigenvalue weighted by Gasteiger charge is 2.13. The van der Waals surface area contributed by atoms with Crippen molar-refractivity contribution in [3.05, 3.63) is 29.8 Å². The van der Waals surface area contributed by atoms with E-state index in [-0.39, 0.29) is 31.7 Å². The van der Waals surface area contributed by atoms with Crippen molar-refractivity contribution in [3.63, 3.8) is 0 Å². The number of ether oxygens (including phenoxy) is 4. The molecule has 1 heterocycles. The lowest BCUT2D eigenvalue weighted by molar-refractivity contribution is -0.161. The third-order valence-electron chi connectivity index (χ3n) is 3.74. The number of benzene rings is 1. The van der Waals surface area contributed by atoms with Gasteiger partial charge in [-0.3, -0.25) is 9.59 Å². The normalized spacial score (nSPS) is 17.1. The van der Waals surface area contributed by atoms with E-state index in [0.29, 0.717) is 12.4 Å². The summed E-state index contributed by atoms with van der Waals surface area (Å²) in [5, 5.41) is 0. The second kappa shape index (κ2) is 10.8. The molecule has 0 N–H and O–H groups in total. The van der Waals surface area contributed by atoms with Crippen LogP contribution in [0.1, 0.15) is 38.2 Å². The van der Waals surface area contributed by atoms with E-state index in [2.05, 4.69) is 0 Å². The molecule has 1 fully saturated rings. The molecule has 2 rings (SSSR count). The lowest BCUT2D eigenvalue weighted by atomic mass is 10.1. The summed E-state index contributed by atoms with van der Waals surface area (Å²) in [4.78, 5) is 22.0. The fraction of sp³-hybridized carbons (Fsp3) is 0.579. The average molecular weight is 350 g/mol. The molecule has 0 spiro atoms. The van der Waals surface area contributed by atoms with Crippen LogP contribution < -0.4 is 4.74 Å². The Bertz CT molecular complexity index is 551. The zero-order chi connectivity index (χ0) is 17.9. The van der Waals surface area contributed by atoms with E-state index in [1.165, 1.54) is 6.92 Å². The molecule has 1 saturated heterocycles. The van der Waals surface area contributed by atoms with Gasteiger partial charge in [0.2, 0.25) is 0 Å². The number of rotatable bonds is 10. The summed E-state index contributed by atoms with van der Waals surface area (Å²) >= 11 is 0. The van der Waals surface area contributed by atoms with Gasteiger partial charge in [-0.1, -0.05) is 12.1 Å². The number of carbonyl (C=O) groups excluding carboxylic acids is 2. The Kier molecular flexibility index (Phi) is 8.42. The number of hydrogen-bond acceptors (Lipinski definition) is 6. The SMILES string of the molecule is CC(=O)CC(=O)OCCOc1cccc(CCOC2CCCCO2)c1. The number of ketones is 1. The first-order valence-corrected chi connectivity index (χ1v) is 8.73. The molecule has 0 aliphatic carbocycles. The Morgan fingerprint density at radius 2 is 2.08 bits per heavy atom. The van der Waals surface area contributed by atoms with Crippen LogP contribution in [0.15, 0.2) is 24.3 Å². The van der Waals surface area contributed by atoms with Crippen molar-refractivity contribution in [2.45, 2.75) is 45.3 Å². The summed E-state index contributed by atoms with van der Waals surface area (Å²) in [7, 11) is 0. The second-order valence-corrected chi connectivity index (χ2v) is 6.01. The van der Waals surface area contributed by atoms with Crippen LogP contribution >= 0.6 is 0 Å². The molecular weight excluding hydrogens is 324 g/mol. The summed E-state index contributed by atoms with van der Waals surface area (Å²) in [6.45, 7) is 3.12. The number of Topliss-reactive ketones (excluding diaryl/α,β-unsaturated/α-hetero) is 1. The second-order valence-electron chi connectivity index (χ2n) is 6.01. The molecule has 25 heavy (non-hydrogen) atoms. The minimum Gasteiger partial charge on any atom is -0.490 e. The Labute approximate surface area is 148 Å². The molecule has 1 aliphatic heterocycles. The number of carbonyl (C=O) groups is 2. The van der Waals surface area contributed by atoms with Gasteiger partial charge < -0.3 is 18.9 Å². The molecule has 0 saturated carbocycles. The van der Waals surface area contributed by atoms with E-state index < -0.39 is 5.97 Å². The highest BCUT2D eigenvalue weighted by molar-refractivity contribution is 5.94. The summed E-state index contributed by atoms with van der Waals surface area (Å²) < 4.78 is 21.8. The van der Waals surface area contributed by atoms with Gasteiger partial charge in [0.1, 0.15) is 31.2 Å². The van der Waals surface area contributed by atoms with Crippen LogP contribution in [0.3, 0.4) is 0 Å². The molecule has 6 heteroatoms. The van der Waals surface area contributed by atoms with Crippen LogP contribution in [0.5, 0.6) is 5.75 Å². The summed E-state index contributed by atoms with van der Waals surface area (Å²) in [5.41, 5.74) is 1.11. The lowest BCUT2D eigenvalue weighted by Crippen LogP contribution is -2.23. The maximum Gasteiger partial charge on any atom is 0.313 e. The minimum atomic E-state index is -0.521. The Morgan fingerprint density at radius 3 is 2.84 bits per heavy atom. The van der Waals surface area contributed by atoms with Crippen molar-refractivity contribution < 1.29 is 28.5 Å². The summed E-state index contributed by atoms with van der Waals surface area (Å²) in [6, 6.07) is 7.74. The first kappa shape index (κ1) is 19.4. The van der Waals surface area contributed by atoms with Crippen LogP contribution in [-0.2, 0) is 30.2 Å². The van der Waals surface area contributed by atoms with Gasteiger partial charge in [-0.15, -0.1) is 0 Å². The molecule has 1 aromatic rings. The van der Waals surface area contributed by atoms with Crippen molar-refractivity contribution >= 4 is 11.8 Å². The summed E-state index contributed by atoms with van der Waals surface area (Å²) in [6.07, 6.45) is 3.75. The van der Waals surface area contributed by atoms with Crippen LogP contribution in [0.4, 0.5) is 0 Å². The zero-order valence-corrected chi connectivity index (χ0v) is 14.7. The predicted octanol–water partition coefficient (Wildman–Crippen LogP) is 2.67. The first-order valence-electron chi connectivity index (χ1n) is 8.73. The van der Waals surface area contributed by atoms with Crippen LogP contribution in [0.2, 0.25) is 0 Å². The molecule has 0 amide bonds. The van der Waals surface area contributed by atoms with Crippen LogP contribution in [0.25, 0.3) is 0 Å². The predicted molar refractivity (Wildman–Crippen MR) is 91.4 cm³/mol. The van der Waals surface area contributed by atoms with Crippen molar-refractivity contribution in [3.8, 4) is 5.75 Å². The van der Waals surface area contributed by atoms with Gasteiger partial charge in [0.05, 0.1) is 6.61 Å². The first-order chi connectivity index (χ1) is 12.1. The third kappa shape index (κ3) is 8.14. The fourth-order valence-electron chi connectivity index (χ4n) is 2.51. The van der Waals surface area contributed by atoms with Crippen molar-refractivity contribution in [1.29, 1.82) is 0 Å². The topological polar surface area (TPSA) is 71.1 Å². The Morgan fingerprint density at radius 1 is 1.20 bits per heavy atom. The maximum atomic E-state index is 11.2. The molecular formula is C19H26O6. The average Bonchev–Trinajstić information content (AvgIpc) is 2.59. The van der Waals surface area contributed by atoms with Gasteiger partial charge in [-0.25, -0.2) is 0 Å². The molecule has 138 valence electrons. The van der Waals surface area contributed by atoms with Gasteiger partial charge in [-0.05, 0) is 50.3 Å². The van der Waals surface area contributed by atoms with Gasteiger partial charge in [-0.2, -0.15) is 0 Å². The van der Waals surface area contributed by atoms with E-state index in [4.69, 9.17) is 18.9 Å². The van der Waals surface area contributed by atoms with Crippen molar-refractivity contribution in [2.75, 3.05) is 26.4 Å². The Balaban J connectivity index is 1.64. The molecule has 1 atom stereocenters. The molecule has 6 nitrogen and oxygen atoms in total. The number of esters is 1. The minimum absolute atomic E-state index is 0.0714. The zero-order valence-electron chi connectivity index (χ0n) is 14.7. The highest BCUT2D eigenvalue weighted by atomic mass is 16.7. The Hall–Kier alpha value is -1.92. The number of hydrogen-bond donors (Lipinski definition) is 0. The van der Waals surface area contributed by atoms with Crippen LogP contribution in [0, 0.1) is 0 Å². The fourth-order valence-corrected chi connectivity index (χ4v) is 2.51. The van der Waals surface area contributed by atoms with Crippen molar-refractivity contribution in [2.24, 2.45) is 0 Å². The molecule has 1 aliphatic rings. The molecule has 1 unspecified atom stereocenters. The molecule has 0 bridgehead atoms. The molecule has 0 radical (unpaired) electrons. The smallest absolute Gasteiger partial charge is 0.313 e. The quantitative estimate of drug-likeness (QED) is 0.367. The van der Waals surface area contributed by atoms with Gasteiger partial charge >= 0.3 is 5.97 Å². The van der Waals surface area contributed by atoms with E-state index in [1.807, 2.05) is 24.3 Å². The maximum absolute atomic E-state index is 11.2. The van der Waals surface area contributed by atoms with Crippen molar-refractivity contribution in [1.82, 2.24) is 0 Å². The van der Waals surface area contributed by atoms with E-state index in [9.17, 15) is 9.59 Å². The molecule has 0 aromatic heterocycles. The molecule has 1 aromatic carbocycles. The van der Waals surface area contributed by atoms with Gasteiger partial charge in [0.25, 0.3) is 0 Å². The van der Waals surface area contributed by atoms with E-state index in [1.54, 1.807) is 0 Å². The van der Waals surface area contributed by atoms with Gasteiger partial charge in [0.15, 0.2) is 6.29 Å². The summed E-state index contributed by atoms with van der Waals surface area (Å²) in [5.74, 6) is -0.0135. The standard InChI is InChI=1S/C19H26O6/c1-15(20)13-18(21)23-12-11-22-17-6-4-5-16(14-17)8-10-25-19-7-2-3-9-24-19/h4-6,14,19H,2-3,7-13H2,1H3. The van der Waals surface area contributed by atoms with E-state index >= 15 is 0 Å². The van der Waals surface area contributed by atoms with Gasteiger partial charge in [0, 0.05) is 6.61 Å². The highest BCUT2D eigenvalue weighted by Crippen LogP contribution is 2.16. The largest absolute Gasteiger partial charge is 0.490 e. The lowest BCUT2D eigenvalue weighted by Gasteiger charge is -2.22. The third-order valence-corrected chi connectivity index (χ3v) is 3.74. The van der Waals surface area contributed by atoms with E-state index in [0.717, 1.165) is 37.9 Å². The monoisotopic (exact) mass is 350 g/mol. The van der Waals surface area contributed by atoms with Crippen LogP contribution in [-0.4, -0.2) is 44.5 Å².